The van der Waals surface area contributed by atoms with Gasteiger partial charge in [0.15, 0.2) is 0 Å². The van der Waals surface area contributed by atoms with Crippen LogP contribution in [0.25, 0.3) is 0 Å². The van der Waals surface area contributed by atoms with Gasteiger partial charge in [0.2, 0.25) is 5.95 Å². The van der Waals surface area contributed by atoms with Crippen LogP contribution in [0, 0.1) is 0 Å². The fourth-order valence-corrected chi connectivity index (χ4v) is 5.65. The predicted molar refractivity (Wildman–Crippen MR) is 98.4 cm³/mol. The fourth-order valence-electron chi connectivity index (χ4n) is 3.21. The van der Waals surface area contributed by atoms with Crippen molar-refractivity contribution >= 4 is 36.9 Å². The lowest BCUT2D eigenvalue weighted by molar-refractivity contribution is -0.144. The molecule has 0 spiro atoms. The number of nitrogens with one attached hydrogen (secondary N) is 1. The van der Waals surface area contributed by atoms with Gasteiger partial charge in [-0.2, -0.15) is 4.98 Å². The van der Waals surface area contributed by atoms with Crippen LogP contribution in [0.15, 0.2) is 6.07 Å². The molecule has 1 N–H and O–H groups in total. The number of ether oxygens (including phenoxy) is 1. The number of carbonyl (C=O) groups is 1. The molecule has 0 bridgehead atoms. The lowest BCUT2D eigenvalue weighted by Gasteiger charge is -2.25. The van der Waals surface area contributed by atoms with Crippen LogP contribution >= 0.6 is 19.2 Å². The highest BCUT2D eigenvalue weighted by atomic mass is 35.5. The summed E-state index contributed by atoms with van der Waals surface area (Å²) in [4.78, 5) is 22.8. The maximum atomic E-state index is 13.2. The van der Waals surface area contributed by atoms with Gasteiger partial charge in [0, 0.05) is 38.8 Å². The molecule has 4 rings (SSSR count). The number of carbonyl (C=O) groups excluding carboxylic acids is 1. The number of nitrogens with zero attached hydrogens (tertiary/aromatic N) is 5. The van der Waals surface area contributed by atoms with E-state index in [2.05, 4.69) is 15.1 Å². The van der Waals surface area contributed by atoms with Crippen LogP contribution in [0.5, 0.6) is 0 Å². The fraction of sp³-hybridized carbons (Fsp3) is 0.667. The van der Waals surface area contributed by atoms with Crippen LogP contribution in [0.1, 0.15) is 19.8 Å². The summed E-state index contributed by atoms with van der Waals surface area (Å²) in [6, 6.07) is 1.25. The smallest absolute Gasteiger partial charge is 0.328 e. The average molecular weight is 401 g/mol. The van der Waals surface area contributed by atoms with Crippen LogP contribution in [0.2, 0.25) is 5.15 Å². The summed E-state index contributed by atoms with van der Waals surface area (Å²) in [7, 11) is -2.86. The van der Waals surface area contributed by atoms with Gasteiger partial charge in [0.25, 0.3) is 0 Å². The second-order valence-electron chi connectivity index (χ2n) is 6.54. The van der Waals surface area contributed by atoms with E-state index < -0.39 is 7.59 Å². The maximum absolute atomic E-state index is 13.2. The van der Waals surface area contributed by atoms with E-state index in [9.17, 15) is 9.36 Å². The number of anilines is 2. The van der Waals surface area contributed by atoms with Crippen molar-refractivity contribution in [2.75, 3.05) is 49.3 Å². The number of halogens is 1. The van der Waals surface area contributed by atoms with Gasteiger partial charge in [0.1, 0.15) is 17.0 Å². The molecule has 0 saturated carbocycles. The van der Waals surface area contributed by atoms with Gasteiger partial charge >= 0.3 is 13.6 Å². The summed E-state index contributed by atoms with van der Waals surface area (Å²) in [6.07, 6.45) is 1.58. The molecule has 142 valence electrons. The number of aromatic nitrogens is 2. The largest absolute Gasteiger partial charge is 0.464 e. The molecule has 0 amide bonds. The molecule has 1 atom stereocenters. The zero-order chi connectivity index (χ0) is 18.3. The molecule has 3 fully saturated rings. The SMILES string of the molecule is CCOC(=O)[C@@H]1CCCN1c1cc(Cl)nc(NP(=O)(N2CC2)N2CC2)n1. The Labute approximate surface area is 157 Å². The minimum Gasteiger partial charge on any atom is -0.464 e. The highest BCUT2D eigenvalue weighted by Gasteiger charge is 2.48. The van der Waals surface area contributed by atoms with Crippen molar-refractivity contribution in [3.8, 4) is 0 Å². The van der Waals surface area contributed by atoms with Gasteiger partial charge in [-0.3, -0.25) is 9.65 Å². The van der Waals surface area contributed by atoms with Crippen LogP contribution in [0.4, 0.5) is 11.8 Å². The monoisotopic (exact) mass is 400 g/mol. The maximum Gasteiger partial charge on any atom is 0.328 e. The van der Waals surface area contributed by atoms with Gasteiger partial charge in [-0.15, -0.1) is 0 Å². The second kappa shape index (κ2) is 6.96. The van der Waals surface area contributed by atoms with Gasteiger partial charge < -0.3 is 9.64 Å². The molecule has 3 aliphatic heterocycles. The highest BCUT2D eigenvalue weighted by molar-refractivity contribution is 7.61. The molecule has 1 aromatic heterocycles. The zero-order valence-corrected chi connectivity index (χ0v) is 16.2. The topological polar surface area (TPSA) is 90.4 Å². The van der Waals surface area contributed by atoms with Gasteiger partial charge in [-0.05, 0) is 19.8 Å². The Morgan fingerprint density at radius 1 is 1.31 bits per heavy atom. The van der Waals surface area contributed by atoms with Crippen LogP contribution in [0.3, 0.4) is 0 Å². The van der Waals surface area contributed by atoms with Crippen LogP contribution < -0.4 is 9.99 Å². The molecule has 0 aromatic carbocycles. The minimum absolute atomic E-state index is 0.226. The van der Waals surface area contributed by atoms with Crippen LogP contribution in [-0.4, -0.2) is 70.7 Å². The Hall–Kier alpha value is -1.41. The first kappa shape index (κ1) is 18.0. The van der Waals surface area contributed by atoms with E-state index in [1.807, 2.05) is 14.2 Å². The van der Waals surface area contributed by atoms with Gasteiger partial charge in [-0.1, -0.05) is 11.6 Å². The summed E-state index contributed by atoms with van der Waals surface area (Å²) < 4.78 is 22.2. The molecule has 26 heavy (non-hydrogen) atoms. The normalized spacial score (nSPS) is 23.2. The third kappa shape index (κ3) is 3.53. The Kier molecular flexibility index (Phi) is 4.81. The standard InChI is InChI=1S/C15H22ClN6O3P/c1-2-25-14(23)11-4-3-5-22(11)13-10-12(16)17-15(18-13)19-26(24,20-6-7-20)21-8-9-21/h10-11H,2-9H2,1H3,(H,17,18,19,24)/t11-/m0/s1. The van der Waals surface area contributed by atoms with Gasteiger partial charge in [0.05, 0.1) is 6.61 Å². The number of hydrogen-bond donors (Lipinski definition) is 1. The Morgan fingerprint density at radius 3 is 2.62 bits per heavy atom. The highest BCUT2D eigenvalue weighted by Crippen LogP contribution is 2.59. The first-order valence-electron chi connectivity index (χ1n) is 8.88. The van der Waals surface area contributed by atoms with Crippen molar-refractivity contribution in [3.05, 3.63) is 11.2 Å². The van der Waals surface area contributed by atoms with E-state index >= 15 is 0 Å². The molecule has 0 unspecified atom stereocenters. The number of hydrogen-bond acceptors (Lipinski definition) is 6. The third-order valence-corrected chi connectivity index (χ3v) is 7.67. The second-order valence-corrected chi connectivity index (χ2v) is 9.37. The lowest BCUT2D eigenvalue weighted by atomic mass is 10.2. The van der Waals surface area contributed by atoms with E-state index in [1.54, 1.807) is 13.0 Å². The molecule has 0 aliphatic carbocycles. The van der Waals surface area contributed by atoms with Crippen molar-refractivity contribution in [1.29, 1.82) is 0 Å². The molecule has 3 saturated heterocycles. The first-order chi connectivity index (χ1) is 12.5. The van der Waals surface area contributed by atoms with Crippen molar-refractivity contribution in [2.45, 2.75) is 25.8 Å². The number of rotatable bonds is 7. The third-order valence-electron chi connectivity index (χ3n) is 4.65. The summed E-state index contributed by atoms with van der Waals surface area (Å²) in [5, 5.41) is 3.26. The van der Waals surface area contributed by atoms with Crippen LogP contribution in [-0.2, 0) is 14.1 Å². The average Bonchev–Trinajstić information content (AvgIpc) is 3.50. The van der Waals surface area contributed by atoms with Crippen molar-refractivity contribution in [1.82, 2.24) is 19.3 Å². The van der Waals surface area contributed by atoms with E-state index in [-0.39, 0.29) is 23.1 Å². The molecular weight excluding hydrogens is 379 g/mol. The molecule has 9 nitrogen and oxygen atoms in total. The number of esters is 1. The van der Waals surface area contributed by atoms with Crippen molar-refractivity contribution in [2.24, 2.45) is 0 Å². The summed E-state index contributed by atoms with van der Waals surface area (Å²) in [5.74, 6) is 0.517. The zero-order valence-electron chi connectivity index (χ0n) is 14.6. The Morgan fingerprint density at radius 2 is 2.00 bits per heavy atom. The molecule has 11 heteroatoms. The summed E-state index contributed by atoms with van der Waals surface area (Å²) >= 11 is 6.19. The Bertz CT molecular complexity index is 741. The molecular formula is C15H22ClN6O3P. The van der Waals surface area contributed by atoms with Crippen molar-refractivity contribution in [3.63, 3.8) is 0 Å². The lowest BCUT2D eigenvalue weighted by Crippen LogP contribution is -2.38. The van der Waals surface area contributed by atoms with Gasteiger partial charge in [-0.25, -0.2) is 19.1 Å². The quantitative estimate of drug-likeness (QED) is 0.318. The molecule has 1 aromatic rings. The van der Waals surface area contributed by atoms with Crippen molar-refractivity contribution < 1.29 is 14.1 Å². The molecule has 3 aliphatic rings. The Balaban J connectivity index is 1.58. The minimum atomic E-state index is -2.86. The molecule has 0 radical (unpaired) electrons. The predicted octanol–water partition coefficient (Wildman–Crippen LogP) is 1.81. The van der Waals surface area contributed by atoms with E-state index in [1.165, 1.54) is 0 Å². The van der Waals surface area contributed by atoms with E-state index in [0.29, 0.717) is 25.4 Å². The first-order valence-corrected chi connectivity index (χ1v) is 10.9. The summed E-state index contributed by atoms with van der Waals surface area (Å²) in [5.41, 5.74) is 0. The molecule has 4 heterocycles. The van der Waals surface area contributed by atoms with E-state index in [0.717, 1.165) is 32.6 Å². The van der Waals surface area contributed by atoms with E-state index in [4.69, 9.17) is 16.3 Å². The summed E-state index contributed by atoms with van der Waals surface area (Å²) in [6.45, 7) is 6.01.